The van der Waals surface area contributed by atoms with Gasteiger partial charge in [0.2, 0.25) is 0 Å². The molecular formula is C23H25NO5. The average molecular weight is 395 g/mol. The Morgan fingerprint density at radius 2 is 1.76 bits per heavy atom. The Labute approximate surface area is 170 Å². The van der Waals surface area contributed by atoms with E-state index in [1.54, 1.807) is 50.3 Å². The second-order valence-electron chi connectivity index (χ2n) is 6.81. The lowest BCUT2D eigenvalue weighted by Gasteiger charge is -2.30. The molecule has 3 rings (SSSR count). The van der Waals surface area contributed by atoms with E-state index < -0.39 is 12.1 Å². The first-order chi connectivity index (χ1) is 14.0. The molecule has 0 bridgehead atoms. The summed E-state index contributed by atoms with van der Waals surface area (Å²) in [5.74, 6) is 0.414. The van der Waals surface area contributed by atoms with Crippen molar-refractivity contribution < 1.29 is 23.8 Å². The van der Waals surface area contributed by atoms with Crippen LogP contribution < -0.4 is 9.47 Å². The number of fused-ring (bicyclic) bond motifs is 1. The zero-order valence-corrected chi connectivity index (χ0v) is 16.9. The standard InChI is InChI=1S/C23H25NO5/c1-16(23(26)24-13-12-18-6-4-5-7-19(18)15-24)29-22(25)11-9-17-8-10-20(27-2)21(14-17)28-3/h4-11,14,16H,12-13,15H2,1-3H3/b11-9+/t16-/m0/s1. The topological polar surface area (TPSA) is 65.1 Å². The Morgan fingerprint density at radius 3 is 2.48 bits per heavy atom. The zero-order chi connectivity index (χ0) is 20.8. The van der Waals surface area contributed by atoms with Gasteiger partial charge in [-0.1, -0.05) is 30.3 Å². The van der Waals surface area contributed by atoms with Gasteiger partial charge >= 0.3 is 5.97 Å². The van der Waals surface area contributed by atoms with E-state index in [0.29, 0.717) is 24.6 Å². The molecule has 0 fully saturated rings. The van der Waals surface area contributed by atoms with Gasteiger partial charge in [0.1, 0.15) is 0 Å². The first-order valence-electron chi connectivity index (χ1n) is 9.48. The summed E-state index contributed by atoms with van der Waals surface area (Å²) in [4.78, 5) is 26.6. The van der Waals surface area contributed by atoms with Gasteiger partial charge in [-0.3, -0.25) is 4.79 Å². The molecule has 2 aromatic carbocycles. The molecule has 6 heteroatoms. The maximum Gasteiger partial charge on any atom is 0.331 e. The van der Waals surface area contributed by atoms with Crippen LogP contribution in [0.1, 0.15) is 23.6 Å². The van der Waals surface area contributed by atoms with Crippen LogP contribution in [-0.4, -0.2) is 43.6 Å². The molecule has 0 radical (unpaired) electrons. The molecule has 1 heterocycles. The van der Waals surface area contributed by atoms with Gasteiger partial charge in [0, 0.05) is 19.2 Å². The molecule has 1 aliphatic rings. The van der Waals surface area contributed by atoms with E-state index in [1.165, 1.54) is 11.6 Å². The van der Waals surface area contributed by atoms with Crippen molar-refractivity contribution in [2.75, 3.05) is 20.8 Å². The van der Waals surface area contributed by atoms with Crippen molar-refractivity contribution in [2.24, 2.45) is 0 Å². The summed E-state index contributed by atoms with van der Waals surface area (Å²) < 4.78 is 15.7. The quantitative estimate of drug-likeness (QED) is 0.555. The molecule has 6 nitrogen and oxygen atoms in total. The largest absolute Gasteiger partial charge is 0.493 e. The van der Waals surface area contributed by atoms with Crippen molar-refractivity contribution in [3.8, 4) is 11.5 Å². The Hall–Kier alpha value is -3.28. The van der Waals surface area contributed by atoms with Gasteiger partial charge in [-0.2, -0.15) is 0 Å². The van der Waals surface area contributed by atoms with Crippen molar-refractivity contribution in [3.63, 3.8) is 0 Å². The molecule has 0 saturated carbocycles. The number of rotatable bonds is 6. The minimum Gasteiger partial charge on any atom is -0.493 e. The summed E-state index contributed by atoms with van der Waals surface area (Å²) in [5.41, 5.74) is 3.16. The third-order valence-electron chi connectivity index (χ3n) is 4.90. The molecule has 2 aromatic rings. The van der Waals surface area contributed by atoms with Crippen LogP contribution in [0.25, 0.3) is 6.08 Å². The molecule has 152 valence electrons. The van der Waals surface area contributed by atoms with Crippen LogP contribution in [0.2, 0.25) is 0 Å². The van der Waals surface area contributed by atoms with Gasteiger partial charge in [0.05, 0.1) is 14.2 Å². The number of methoxy groups -OCH3 is 2. The highest BCUT2D eigenvalue weighted by Crippen LogP contribution is 2.28. The van der Waals surface area contributed by atoms with E-state index >= 15 is 0 Å². The van der Waals surface area contributed by atoms with Crippen LogP contribution in [0.3, 0.4) is 0 Å². The lowest BCUT2D eigenvalue weighted by Crippen LogP contribution is -2.42. The second-order valence-corrected chi connectivity index (χ2v) is 6.81. The molecule has 0 spiro atoms. The molecule has 0 aliphatic carbocycles. The summed E-state index contributed by atoms with van der Waals surface area (Å²) in [6, 6.07) is 13.4. The van der Waals surface area contributed by atoms with Crippen LogP contribution in [0.5, 0.6) is 11.5 Å². The summed E-state index contributed by atoms with van der Waals surface area (Å²) >= 11 is 0. The van der Waals surface area contributed by atoms with Crippen molar-refractivity contribution in [2.45, 2.75) is 26.0 Å². The van der Waals surface area contributed by atoms with Crippen LogP contribution in [-0.2, 0) is 27.3 Å². The number of nitrogens with zero attached hydrogens (tertiary/aromatic N) is 1. The van der Waals surface area contributed by atoms with Gasteiger partial charge in [0.15, 0.2) is 17.6 Å². The van der Waals surface area contributed by atoms with Crippen LogP contribution in [0.4, 0.5) is 0 Å². The smallest absolute Gasteiger partial charge is 0.331 e. The van der Waals surface area contributed by atoms with Crippen molar-refractivity contribution in [1.29, 1.82) is 0 Å². The average Bonchev–Trinajstić information content (AvgIpc) is 2.76. The van der Waals surface area contributed by atoms with Crippen LogP contribution in [0.15, 0.2) is 48.5 Å². The number of esters is 1. The van der Waals surface area contributed by atoms with Crippen LogP contribution in [0, 0.1) is 0 Å². The fourth-order valence-corrected chi connectivity index (χ4v) is 3.33. The Bertz CT molecular complexity index is 921. The molecule has 29 heavy (non-hydrogen) atoms. The van der Waals surface area contributed by atoms with E-state index in [2.05, 4.69) is 6.07 Å². The summed E-state index contributed by atoms with van der Waals surface area (Å²) in [5, 5.41) is 0. The van der Waals surface area contributed by atoms with Gasteiger partial charge in [-0.25, -0.2) is 4.79 Å². The maximum absolute atomic E-state index is 12.7. The van der Waals surface area contributed by atoms with E-state index in [1.807, 2.05) is 18.2 Å². The second kappa shape index (κ2) is 9.28. The van der Waals surface area contributed by atoms with Gasteiger partial charge in [0.25, 0.3) is 5.91 Å². The van der Waals surface area contributed by atoms with E-state index in [4.69, 9.17) is 14.2 Å². The molecule has 1 atom stereocenters. The molecule has 0 saturated heterocycles. The van der Waals surface area contributed by atoms with Crippen molar-refractivity contribution >= 4 is 18.0 Å². The fourth-order valence-electron chi connectivity index (χ4n) is 3.33. The molecule has 0 N–H and O–H groups in total. The first-order valence-corrected chi connectivity index (χ1v) is 9.48. The third kappa shape index (κ3) is 4.96. The number of ether oxygens (including phenoxy) is 3. The van der Waals surface area contributed by atoms with Crippen LogP contribution >= 0.6 is 0 Å². The number of carbonyl (C=O) groups excluding carboxylic acids is 2. The maximum atomic E-state index is 12.7. The first kappa shape index (κ1) is 20.5. The number of carbonyl (C=O) groups is 2. The third-order valence-corrected chi connectivity index (χ3v) is 4.90. The molecule has 0 aromatic heterocycles. The monoisotopic (exact) mass is 395 g/mol. The Morgan fingerprint density at radius 1 is 1.03 bits per heavy atom. The molecule has 1 aliphatic heterocycles. The lowest BCUT2D eigenvalue weighted by atomic mass is 9.99. The summed E-state index contributed by atoms with van der Waals surface area (Å²) in [6.45, 7) is 2.77. The van der Waals surface area contributed by atoms with Gasteiger partial charge < -0.3 is 19.1 Å². The fraction of sp³-hybridized carbons (Fsp3) is 0.304. The Kier molecular flexibility index (Phi) is 6.54. The number of benzene rings is 2. The normalized spacial score (nSPS) is 14.2. The molecule has 1 amide bonds. The minimum absolute atomic E-state index is 0.188. The molecular weight excluding hydrogens is 370 g/mol. The SMILES string of the molecule is COc1ccc(/C=C/C(=O)O[C@@H](C)C(=O)N2CCc3ccccc3C2)cc1OC. The number of hydrogen-bond donors (Lipinski definition) is 0. The van der Waals surface area contributed by atoms with Crippen molar-refractivity contribution in [3.05, 3.63) is 65.2 Å². The van der Waals surface area contributed by atoms with Gasteiger partial charge in [-0.05, 0) is 48.2 Å². The van der Waals surface area contributed by atoms with Crippen molar-refractivity contribution in [1.82, 2.24) is 4.90 Å². The summed E-state index contributed by atoms with van der Waals surface area (Å²) in [6.07, 6.45) is 2.87. The predicted octanol–water partition coefficient (Wildman–Crippen LogP) is 3.23. The van der Waals surface area contributed by atoms with Gasteiger partial charge in [-0.15, -0.1) is 0 Å². The zero-order valence-electron chi connectivity index (χ0n) is 16.9. The highest BCUT2D eigenvalue weighted by atomic mass is 16.5. The minimum atomic E-state index is -0.845. The predicted molar refractivity (Wildman–Crippen MR) is 110 cm³/mol. The summed E-state index contributed by atoms with van der Waals surface area (Å²) in [7, 11) is 3.11. The number of hydrogen-bond acceptors (Lipinski definition) is 5. The van der Waals surface area contributed by atoms with E-state index in [9.17, 15) is 9.59 Å². The van der Waals surface area contributed by atoms with E-state index in [0.717, 1.165) is 17.5 Å². The molecule has 0 unspecified atom stereocenters. The highest BCUT2D eigenvalue weighted by molar-refractivity contribution is 5.90. The Balaban J connectivity index is 1.58. The lowest BCUT2D eigenvalue weighted by molar-refractivity contribution is -0.155. The van der Waals surface area contributed by atoms with E-state index in [-0.39, 0.29) is 5.91 Å². The highest BCUT2D eigenvalue weighted by Gasteiger charge is 2.26. The number of amides is 1.